The highest BCUT2D eigenvalue weighted by Crippen LogP contribution is 2.22. The summed E-state index contributed by atoms with van der Waals surface area (Å²) in [5.74, 6) is -0.0755. The predicted octanol–water partition coefficient (Wildman–Crippen LogP) is 3.77. The summed E-state index contributed by atoms with van der Waals surface area (Å²) in [5, 5.41) is 0.614. The van der Waals surface area contributed by atoms with Crippen molar-refractivity contribution in [3.8, 4) is 0 Å². The maximum absolute atomic E-state index is 13.2. The number of amides is 1. The number of rotatable bonds is 3. The molecule has 2 heterocycles. The molecular weight excluding hydrogens is 324 g/mol. The SMILES string of the molecule is O=C(c1cc(=O)c2ccccc2[nH]1)N1CCCC[C@H]1Cc1ccccc1. The lowest BCUT2D eigenvalue weighted by Crippen LogP contribution is -2.45. The molecule has 0 bridgehead atoms. The van der Waals surface area contributed by atoms with E-state index in [0.717, 1.165) is 32.2 Å². The topological polar surface area (TPSA) is 53.2 Å². The Morgan fingerprint density at radius 2 is 1.81 bits per heavy atom. The first-order valence-electron chi connectivity index (χ1n) is 9.19. The minimum absolute atomic E-state index is 0.0755. The molecular formula is C22H22N2O2. The maximum atomic E-state index is 13.2. The summed E-state index contributed by atoms with van der Waals surface area (Å²) < 4.78 is 0. The third-order valence-electron chi connectivity index (χ3n) is 5.17. The molecule has 1 saturated heterocycles. The number of nitrogens with zero attached hydrogens (tertiary/aromatic N) is 1. The van der Waals surface area contributed by atoms with Gasteiger partial charge in [-0.1, -0.05) is 42.5 Å². The number of fused-ring (bicyclic) bond motifs is 1. The monoisotopic (exact) mass is 346 g/mol. The van der Waals surface area contributed by atoms with Crippen LogP contribution in [0.2, 0.25) is 0 Å². The number of hydrogen-bond donors (Lipinski definition) is 1. The number of benzene rings is 2. The van der Waals surface area contributed by atoms with Gasteiger partial charge in [-0.3, -0.25) is 9.59 Å². The molecule has 1 aliphatic rings. The van der Waals surface area contributed by atoms with Gasteiger partial charge in [-0.2, -0.15) is 0 Å². The number of aromatic nitrogens is 1. The van der Waals surface area contributed by atoms with Gasteiger partial charge in [-0.05, 0) is 43.4 Å². The standard InChI is InChI=1S/C22H22N2O2/c25-21-15-20(23-19-12-5-4-11-18(19)21)22(26)24-13-7-6-10-17(24)14-16-8-2-1-3-9-16/h1-5,8-9,11-12,15,17H,6-7,10,13-14H2,(H,23,25)/t17-/m0/s1. The Labute approximate surface area is 152 Å². The fourth-order valence-electron chi connectivity index (χ4n) is 3.83. The van der Waals surface area contributed by atoms with E-state index in [4.69, 9.17) is 0 Å². The van der Waals surface area contributed by atoms with E-state index >= 15 is 0 Å². The number of carbonyl (C=O) groups is 1. The molecule has 1 fully saturated rings. The molecule has 0 saturated carbocycles. The Hall–Kier alpha value is -2.88. The van der Waals surface area contributed by atoms with E-state index < -0.39 is 0 Å². The van der Waals surface area contributed by atoms with Crippen LogP contribution >= 0.6 is 0 Å². The highest BCUT2D eigenvalue weighted by molar-refractivity contribution is 5.95. The summed E-state index contributed by atoms with van der Waals surface area (Å²) in [6.07, 6.45) is 3.99. The van der Waals surface area contributed by atoms with Gasteiger partial charge in [0.15, 0.2) is 5.43 Å². The molecule has 0 unspecified atom stereocenters. The number of pyridine rings is 1. The third-order valence-corrected chi connectivity index (χ3v) is 5.17. The van der Waals surface area contributed by atoms with Crippen LogP contribution in [0.1, 0.15) is 35.3 Å². The first kappa shape index (κ1) is 16.6. The minimum atomic E-state index is -0.112. The first-order chi connectivity index (χ1) is 12.7. The van der Waals surface area contributed by atoms with Crippen molar-refractivity contribution >= 4 is 16.8 Å². The zero-order valence-electron chi connectivity index (χ0n) is 14.7. The Morgan fingerprint density at radius 1 is 1.04 bits per heavy atom. The van der Waals surface area contributed by atoms with Gasteiger partial charge in [-0.25, -0.2) is 0 Å². The fraction of sp³-hybridized carbons (Fsp3) is 0.273. The molecule has 2 aromatic carbocycles. The molecule has 132 valence electrons. The summed E-state index contributed by atoms with van der Waals surface area (Å²) in [5.41, 5.74) is 2.22. The van der Waals surface area contributed by atoms with Crippen LogP contribution in [0, 0.1) is 0 Å². The van der Waals surface area contributed by atoms with Crippen molar-refractivity contribution in [2.75, 3.05) is 6.54 Å². The zero-order chi connectivity index (χ0) is 17.9. The van der Waals surface area contributed by atoms with Crippen LogP contribution in [0.15, 0.2) is 65.5 Å². The van der Waals surface area contributed by atoms with E-state index in [2.05, 4.69) is 17.1 Å². The predicted molar refractivity (Wildman–Crippen MR) is 103 cm³/mol. The van der Waals surface area contributed by atoms with Gasteiger partial charge in [0.2, 0.25) is 0 Å². The number of para-hydroxylation sites is 1. The van der Waals surface area contributed by atoms with Gasteiger partial charge in [0, 0.05) is 29.6 Å². The maximum Gasteiger partial charge on any atom is 0.270 e. The minimum Gasteiger partial charge on any atom is -0.350 e. The molecule has 26 heavy (non-hydrogen) atoms. The number of H-pyrrole nitrogens is 1. The number of likely N-dealkylation sites (tertiary alicyclic amines) is 1. The summed E-state index contributed by atoms with van der Waals surface area (Å²) in [6, 6.07) is 19.2. The second kappa shape index (κ2) is 7.16. The molecule has 1 N–H and O–H groups in total. The number of carbonyl (C=O) groups excluding carboxylic acids is 1. The Kier molecular flexibility index (Phi) is 4.57. The largest absolute Gasteiger partial charge is 0.350 e. The Bertz CT molecular complexity index is 978. The van der Waals surface area contributed by atoms with Crippen LogP contribution < -0.4 is 5.43 Å². The third kappa shape index (κ3) is 3.27. The Morgan fingerprint density at radius 3 is 2.65 bits per heavy atom. The second-order valence-electron chi connectivity index (χ2n) is 6.93. The molecule has 3 aromatic rings. The smallest absolute Gasteiger partial charge is 0.270 e. The number of piperidine rings is 1. The van der Waals surface area contributed by atoms with Crippen molar-refractivity contribution in [1.82, 2.24) is 9.88 Å². The number of aromatic amines is 1. The second-order valence-corrected chi connectivity index (χ2v) is 6.93. The van der Waals surface area contributed by atoms with E-state index in [1.807, 2.05) is 41.3 Å². The molecule has 4 nitrogen and oxygen atoms in total. The van der Waals surface area contributed by atoms with Gasteiger partial charge in [0.25, 0.3) is 5.91 Å². The van der Waals surface area contributed by atoms with Gasteiger partial charge in [0.05, 0.1) is 0 Å². The average molecular weight is 346 g/mol. The average Bonchev–Trinajstić information content (AvgIpc) is 2.69. The molecule has 0 aliphatic carbocycles. The summed E-state index contributed by atoms with van der Waals surface area (Å²) >= 11 is 0. The molecule has 1 amide bonds. The van der Waals surface area contributed by atoms with Crippen molar-refractivity contribution in [1.29, 1.82) is 0 Å². The van der Waals surface area contributed by atoms with Gasteiger partial charge in [0.1, 0.15) is 5.69 Å². The fourth-order valence-corrected chi connectivity index (χ4v) is 3.83. The van der Waals surface area contributed by atoms with Crippen molar-refractivity contribution < 1.29 is 4.79 Å². The highest BCUT2D eigenvalue weighted by atomic mass is 16.2. The van der Waals surface area contributed by atoms with Crippen LogP contribution in [0.4, 0.5) is 0 Å². The van der Waals surface area contributed by atoms with Crippen LogP contribution in [0.25, 0.3) is 10.9 Å². The molecule has 0 radical (unpaired) electrons. The lowest BCUT2D eigenvalue weighted by Gasteiger charge is -2.36. The molecule has 0 spiro atoms. The van der Waals surface area contributed by atoms with E-state index in [-0.39, 0.29) is 17.4 Å². The summed E-state index contributed by atoms with van der Waals surface area (Å²) in [6.45, 7) is 0.741. The van der Waals surface area contributed by atoms with Crippen molar-refractivity contribution in [3.05, 3.63) is 82.1 Å². The molecule has 4 rings (SSSR count). The molecule has 4 heteroatoms. The van der Waals surface area contributed by atoms with Crippen LogP contribution in [0.5, 0.6) is 0 Å². The Balaban J connectivity index is 1.64. The van der Waals surface area contributed by atoms with E-state index in [1.165, 1.54) is 11.6 Å². The lowest BCUT2D eigenvalue weighted by atomic mass is 9.95. The van der Waals surface area contributed by atoms with Crippen LogP contribution in [0.3, 0.4) is 0 Å². The van der Waals surface area contributed by atoms with Gasteiger partial charge in [-0.15, -0.1) is 0 Å². The van der Waals surface area contributed by atoms with Crippen LogP contribution in [-0.4, -0.2) is 28.4 Å². The van der Waals surface area contributed by atoms with Crippen molar-refractivity contribution in [2.24, 2.45) is 0 Å². The molecule has 1 atom stereocenters. The zero-order valence-corrected chi connectivity index (χ0v) is 14.7. The van der Waals surface area contributed by atoms with Gasteiger partial charge < -0.3 is 9.88 Å². The van der Waals surface area contributed by atoms with Gasteiger partial charge >= 0.3 is 0 Å². The quantitative estimate of drug-likeness (QED) is 0.785. The number of hydrogen-bond acceptors (Lipinski definition) is 2. The van der Waals surface area contributed by atoms with Crippen molar-refractivity contribution in [3.63, 3.8) is 0 Å². The normalized spacial score (nSPS) is 17.4. The van der Waals surface area contributed by atoms with Crippen LogP contribution in [-0.2, 0) is 6.42 Å². The lowest BCUT2D eigenvalue weighted by molar-refractivity contribution is 0.0608. The summed E-state index contributed by atoms with van der Waals surface area (Å²) in [7, 11) is 0. The number of nitrogens with one attached hydrogen (secondary N) is 1. The summed E-state index contributed by atoms with van der Waals surface area (Å²) in [4.78, 5) is 30.6. The van der Waals surface area contributed by atoms with Crippen molar-refractivity contribution in [2.45, 2.75) is 31.7 Å². The molecule has 1 aromatic heterocycles. The highest BCUT2D eigenvalue weighted by Gasteiger charge is 2.28. The van der Waals surface area contributed by atoms with E-state index in [1.54, 1.807) is 6.07 Å². The first-order valence-corrected chi connectivity index (χ1v) is 9.19. The van der Waals surface area contributed by atoms with E-state index in [9.17, 15) is 9.59 Å². The molecule has 1 aliphatic heterocycles. The van der Waals surface area contributed by atoms with E-state index in [0.29, 0.717) is 16.6 Å².